The van der Waals surface area contributed by atoms with Crippen LogP contribution in [-0.4, -0.2) is 24.2 Å². The number of hydrogen-bond acceptors (Lipinski definition) is 2. The van der Waals surface area contributed by atoms with Crippen LogP contribution in [0.2, 0.25) is 0 Å². The maximum absolute atomic E-state index is 10.8. The lowest BCUT2D eigenvalue weighted by Crippen LogP contribution is -2.29. The van der Waals surface area contributed by atoms with Crippen LogP contribution in [0.3, 0.4) is 0 Å². The summed E-state index contributed by atoms with van der Waals surface area (Å²) in [6.45, 7) is 8.01. The van der Waals surface area contributed by atoms with E-state index in [1.165, 1.54) is 0 Å². The lowest BCUT2D eigenvalue weighted by molar-refractivity contribution is -0.143. The molecular formula is C15H25NO2. The number of nitrogens with one attached hydrogen (secondary N) is 1. The van der Waals surface area contributed by atoms with Gasteiger partial charge in [0.1, 0.15) is 0 Å². The van der Waals surface area contributed by atoms with Gasteiger partial charge >= 0.3 is 5.97 Å². The SMILES string of the molecule is CC(C)(C)C#CCNCC1CCC(C(=O)O)CC1. The van der Waals surface area contributed by atoms with E-state index in [4.69, 9.17) is 5.11 Å². The average molecular weight is 251 g/mol. The molecule has 0 heterocycles. The van der Waals surface area contributed by atoms with Crippen LogP contribution in [0.5, 0.6) is 0 Å². The van der Waals surface area contributed by atoms with Crippen LogP contribution in [0.1, 0.15) is 46.5 Å². The molecule has 0 spiro atoms. The summed E-state index contributed by atoms with van der Waals surface area (Å²) in [6.07, 6.45) is 3.71. The van der Waals surface area contributed by atoms with Gasteiger partial charge < -0.3 is 10.4 Å². The molecule has 0 bridgehead atoms. The molecule has 0 radical (unpaired) electrons. The van der Waals surface area contributed by atoms with Crippen LogP contribution in [0.15, 0.2) is 0 Å². The lowest BCUT2D eigenvalue weighted by atomic mass is 9.82. The zero-order valence-electron chi connectivity index (χ0n) is 11.8. The van der Waals surface area contributed by atoms with Gasteiger partial charge in [-0.2, -0.15) is 0 Å². The van der Waals surface area contributed by atoms with Gasteiger partial charge in [0.15, 0.2) is 0 Å². The largest absolute Gasteiger partial charge is 0.481 e. The summed E-state index contributed by atoms with van der Waals surface area (Å²) in [5.41, 5.74) is 0.0707. The maximum Gasteiger partial charge on any atom is 0.306 e. The first kappa shape index (κ1) is 15.0. The Bertz CT molecular complexity index is 325. The minimum atomic E-state index is -0.627. The third kappa shape index (κ3) is 6.07. The first-order valence-electron chi connectivity index (χ1n) is 6.82. The Balaban J connectivity index is 2.15. The van der Waals surface area contributed by atoms with Crippen LogP contribution in [0.4, 0.5) is 0 Å². The van der Waals surface area contributed by atoms with Crippen molar-refractivity contribution in [1.29, 1.82) is 0 Å². The van der Waals surface area contributed by atoms with Crippen molar-refractivity contribution in [2.24, 2.45) is 17.3 Å². The molecule has 0 atom stereocenters. The summed E-state index contributed by atoms with van der Waals surface area (Å²) in [5.74, 6) is 6.21. The zero-order chi connectivity index (χ0) is 13.6. The Morgan fingerprint density at radius 3 is 2.39 bits per heavy atom. The van der Waals surface area contributed by atoms with E-state index >= 15 is 0 Å². The molecular weight excluding hydrogens is 226 g/mol. The van der Waals surface area contributed by atoms with E-state index in [0.717, 1.165) is 38.8 Å². The fourth-order valence-corrected chi connectivity index (χ4v) is 2.26. The number of aliphatic carboxylic acids is 1. The Kier molecular flexibility index (Phi) is 5.68. The predicted molar refractivity (Wildman–Crippen MR) is 73.2 cm³/mol. The summed E-state index contributed by atoms with van der Waals surface area (Å²) in [4.78, 5) is 10.8. The highest BCUT2D eigenvalue weighted by Gasteiger charge is 2.25. The Morgan fingerprint density at radius 1 is 1.28 bits per heavy atom. The van der Waals surface area contributed by atoms with Crippen LogP contribution in [0, 0.1) is 29.1 Å². The summed E-state index contributed by atoms with van der Waals surface area (Å²) >= 11 is 0. The molecule has 0 aliphatic heterocycles. The predicted octanol–water partition coefficient (Wildman–Crippen LogP) is 2.52. The summed E-state index contributed by atoms with van der Waals surface area (Å²) in [6, 6.07) is 0. The summed E-state index contributed by atoms with van der Waals surface area (Å²) in [7, 11) is 0. The van der Waals surface area contributed by atoms with Gasteiger partial charge in [0.25, 0.3) is 0 Å². The van der Waals surface area contributed by atoms with Gasteiger partial charge in [-0.3, -0.25) is 4.79 Å². The number of hydrogen-bond donors (Lipinski definition) is 2. The maximum atomic E-state index is 10.8. The fourth-order valence-electron chi connectivity index (χ4n) is 2.26. The van der Waals surface area contributed by atoms with Crippen molar-refractivity contribution in [2.75, 3.05) is 13.1 Å². The Morgan fingerprint density at radius 2 is 1.89 bits per heavy atom. The lowest BCUT2D eigenvalue weighted by Gasteiger charge is -2.25. The van der Waals surface area contributed by atoms with Gasteiger partial charge in [0.2, 0.25) is 0 Å². The standard InChI is InChI=1S/C15H25NO2/c1-15(2,3)9-4-10-16-11-12-5-7-13(8-6-12)14(17)18/h12-13,16H,5-8,10-11H2,1-3H3,(H,17,18). The molecule has 1 rings (SSSR count). The second kappa shape index (κ2) is 6.80. The molecule has 3 heteroatoms. The van der Waals surface area contributed by atoms with Crippen LogP contribution < -0.4 is 5.32 Å². The molecule has 0 amide bonds. The van der Waals surface area contributed by atoms with Crippen LogP contribution in [0.25, 0.3) is 0 Å². The summed E-state index contributed by atoms with van der Waals surface area (Å²) in [5, 5.41) is 12.3. The Labute approximate surface area is 110 Å². The molecule has 3 nitrogen and oxygen atoms in total. The van der Waals surface area contributed by atoms with Crippen molar-refractivity contribution >= 4 is 5.97 Å². The normalized spacial score (nSPS) is 24.2. The quantitative estimate of drug-likeness (QED) is 0.596. The van der Waals surface area contributed by atoms with Crippen molar-refractivity contribution in [3.05, 3.63) is 0 Å². The molecule has 1 saturated carbocycles. The van der Waals surface area contributed by atoms with Crippen molar-refractivity contribution in [1.82, 2.24) is 5.32 Å². The van der Waals surface area contributed by atoms with Crippen molar-refractivity contribution in [2.45, 2.75) is 46.5 Å². The third-order valence-electron chi connectivity index (χ3n) is 3.31. The second-order valence-electron chi connectivity index (χ2n) is 6.24. The summed E-state index contributed by atoms with van der Waals surface area (Å²) < 4.78 is 0. The molecule has 102 valence electrons. The van der Waals surface area contributed by atoms with Crippen LogP contribution in [-0.2, 0) is 4.79 Å². The van der Waals surface area contributed by atoms with Gasteiger partial charge in [0, 0.05) is 5.41 Å². The van der Waals surface area contributed by atoms with E-state index in [9.17, 15) is 4.79 Å². The van der Waals surface area contributed by atoms with Gasteiger partial charge in [-0.1, -0.05) is 11.8 Å². The highest BCUT2D eigenvalue weighted by atomic mass is 16.4. The number of carboxylic acid groups (broad SMARTS) is 1. The third-order valence-corrected chi connectivity index (χ3v) is 3.31. The highest BCUT2D eigenvalue weighted by Crippen LogP contribution is 2.28. The van der Waals surface area contributed by atoms with Gasteiger partial charge in [0.05, 0.1) is 12.5 Å². The highest BCUT2D eigenvalue weighted by molar-refractivity contribution is 5.69. The van der Waals surface area contributed by atoms with E-state index in [-0.39, 0.29) is 11.3 Å². The number of carbonyl (C=O) groups is 1. The van der Waals surface area contributed by atoms with Crippen molar-refractivity contribution in [3.8, 4) is 11.8 Å². The average Bonchev–Trinajstić information content (AvgIpc) is 2.27. The molecule has 1 aliphatic carbocycles. The van der Waals surface area contributed by atoms with E-state index < -0.39 is 5.97 Å². The van der Waals surface area contributed by atoms with E-state index in [2.05, 4.69) is 37.9 Å². The van der Waals surface area contributed by atoms with Gasteiger partial charge in [-0.05, 0) is 58.9 Å². The molecule has 1 aliphatic rings. The van der Waals surface area contributed by atoms with Crippen molar-refractivity contribution in [3.63, 3.8) is 0 Å². The van der Waals surface area contributed by atoms with E-state index in [0.29, 0.717) is 5.92 Å². The second-order valence-corrected chi connectivity index (χ2v) is 6.24. The Hall–Kier alpha value is -1.01. The topological polar surface area (TPSA) is 49.3 Å². The molecule has 0 unspecified atom stereocenters. The number of rotatable bonds is 4. The molecule has 2 N–H and O–H groups in total. The first-order valence-corrected chi connectivity index (χ1v) is 6.82. The minimum absolute atomic E-state index is 0.0707. The van der Waals surface area contributed by atoms with E-state index in [1.54, 1.807) is 0 Å². The molecule has 0 aromatic heterocycles. The smallest absolute Gasteiger partial charge is 0.306 e. The number of carboxylic acids is 1. The van der Waals surface area contributed by atoms with Gasteiger partial charge in [-0.25, -0.2) is 0 Å². The zero-order valence-corrected chi connectivity index (χ0v) is 11.8. The molecule has 0 aromatic rings. The first-order chi connectivity index (χ1) is 8.38. The van der Waals surface area contributed by atoms with E-state index in [1.807, 2.05) is 0 Å². The van der Waals surface area contributed by atoms with Crippen molar-refractivity contribution < 1.29 is 9.90 Å². The monoisotopic (exact) mass is 251 g/mol. The van der Waals surface area contributed by atoms with Gasteiger partial charge in [-0.15, -0.1) is 0 Å². The molecule has 0 saturated heterocycles. The van der Waals surface area contributed by atoms with Crippen LogP contribution >= 0.6 is 0 Å². The minimum Gasteiger partial charge on any atom is -0.481 e. The molecule has 1 fully saturated rings. The molecule has 18 heavy (non-hydrogen) atoms. The fraction of sp³-hybridized carbons (Fsp3) is 0.800. The molecule has 0 aromatic carbocycles.